The molecule has 0 radical (unpaired) electrons. The molecule has 1 aliphatic rings. The van der Waals surface area contributed by atoms with E-state index in [1.54, 1.807) is 12.1 Å². The van der Waals surface area contributed by atoms with Crippen molar-refractivity contribution in [2.75, 3.05) is 0 Å². The van der Waals surface area contributed by atoms with E-state index < -0.39 is 16.4 Å². The summed E-state index contributed by atoms with van der Waals surface area (Å²) in [4.78, 5) is 10.1. The minimum Gasteiger partial charge on any atom is -0.258 e. The summed E-state index contributed by atoms with van der Waals surface area (Å²) in [6.07, 6.45) is 3.49. The van der Waals surface area contributed by atoms with Crippen molar-refractivity contribution in [1.82, 2.24) is 0 Å². The molecule has 0 amide bonds. The maximum Gasteiger partial charge on any atom is 0.305 e. The smallest absolute Gasteiger partial charge is 0.258 e. The first-order valence-corrected chi connectivity index (χ1v) is 7.89. The average Bonchev–Trinajstić information content (AvgIpc) is 2.42. The van der Waals surface area contributed by atoms with Gasteiger partial charge in [0, 0.05) is 11.4 Å². The second kappa shape index (κ2) is 6.73. The van der Waals surface area contributed by atoms with Crippen molar-refractivity contribution in [3.8, 4) is 0 Å². The first kappa shape index (κ1) is 16.2. The zero-order valence-electron chi connectivity index (χ0n) is 12.4. The molecule has 3 unspecified atom stereocenters. The van der Waals surface area contributed by atoms with Gasteiger partial charge in [-0.25, -0.2) is 0 Å². The molecule has 1 saturated carbocycles. The van der Waals surface area contributed by atoms with Crippen molar-refractivity contribution in [1.29, 1.82) is 0 Å². The van der Waals surface area contributed by atoms with Crippen LogP contribution in [0.3, 0.4) is 0 Å². The predicted molar refractivity (Wildman–Crippen MR) is 82.1 cm³/mol. The molecule has 0 aliphatic heterocycles. The van der Waals surface area contributed by atoms with Gasteiger partial charge in [0.2, 0.25) is 5.82 Å². The number of hydrogen-bond donors (Lipinski definition) is 0. The molecule has 3 nitrogen and oxygen atoms in total. The summed E-state index contributed by atoms with van der Waals surface area (Å²) in [5.41, 5.74) is -0.0425. The number of halogens is 2. The molecule has 3 atom stereocenters. The number of nitro benzene ring substituents is 1. The molecule has 0 aromatic heterocycles. The molecule has 5 heteroatoms. The van der Waals surface area contributed by atoms with E-state index in [-0.39, 0.29) is 11.3 Å². The maximum absolute atomic E-state index is 14.2. The highest BCUT2D eigenvalue weighted by atomic mass is 35.5. The Hall–Kier alpha value is -1.16. The van der Waals surface area contributed by atoms with Gasteiger partial charge >= 0.3 is 5.69 Å². The van der Waals surface area contributed by atoms with Gasteiger partial charge in [0.25, 0.3) is 0 Å². The average molecular weight is 314 g/mol. The molecule has 0 N–H and O–H groups in total. The molecular weight excluding hydrogens is 293 g/mol. The van der Waals surface area contributed by atoms with E-state index in [4.69, 9.17) is 11.6 Å². The minimum atomic E-state index is -0.710. The number of alkyl halides is 1. The van der Waals surface area contributed by atoms with Crippen LogP contribution in [0.1, 0.15) is 38.7 Å². The van der Waals surface area contributed by atoms with E-state index in [2.05, 4.69) is 13.8 Å². The van der Waals surface area contributed by atoms with E-state index in [0.717, 1.165) is 19.3 Å². The third kappa shape index (κ3) is 3.73. The van der Waals surface area contributed by atoms with Crippen LogP contribution in [-0.2, 0) is 6.42 Å². The summed E-state index contributed by atoms with van der Waals surface area (Å²) < 4.78 is 14.2. The zero-order valence-corrected chi connectivity index (χ0v) is 13.1. The van der Waals surface area contributed by atoms with Crippen LogP contribution in [0, 0.1) is 33.7 Å². The van der Waals surface area contributed by atoms with Crippen molar-refractivity contribution in [3.05, 3.63) is 39.7 Å². The largest absolute Gasteiger partial charge is 0.305 e. The lowest BCUT2D eigenvalue weighted by Gasteiger charge is -2.35. The Kier molecular flexibility index (Phi) is 5.20. The fourth-order valence-corrected chi connectivity index (χ4v) is 3.55. The molecule has 1 aromatic rings. The van der Waals surface area contributed by atoms with Gasteiger partial charge in [-0.1, -0.05) is 26.0 Å². The fraction of sp³-hybridized carbons (Fsp3) is 0.625. The predicted octanol–water partition coefficient (Wildman–Crippen LogP) is 4.96. The summed E-state index contributed by atoms with van der Waals surface area (Å²) in [6, 6.07) is 4.38. The third-order valence-electron chi connectivity index (χ3n) is 4.61. The van der Waals surface area contributed by atoms with Crippen LogP contribution in [0.2, 0.25) is 0 Å². The van der Waals surface area contributed by atoms with Crippen molar-refractivity contribution in [2.24, 2.45) is 17.8 Å². The van der Waals surface area contributed by atoms with Crippen molar-refractivity contribution in [3.63, 3.8) is 0 Å². The molecule has 0 spiro atoms. The molecule has 1 aliphatic carbocycles. The lowest BCUT2D eigenvalue weighted by molar-refractivity contribution is -0.387. The van der Waals surface area contributed by atoms with Gasteiger partial charge in [-0.3, -0.25) is 10.1 Å². The normalized spacial score (nSPS) is 26.0. The van der Waals surface area contributed by atoms with Crippen LogP contribution in [0.4, 0.5) is 10.1 Å². The Labute approximate surface area is 129 Å². The van der Waals surface area contributed by atoms with Crippen molar-refractivity contribution < 1.29 is 9.31 Å². The first-order chi connectivity index (χ1) is 9.90. The van der Waals surface area contributed by atoms with Gasteiger partial charge in [0.15, 0.2) is 0 Å². The highest BCUT2D eigenvalue weighted by molar-refractivity contribution is 6.20. The molecule has 1 fully saturated rings. The molecule has 21 heavy (non-hydrogen) atoms. The van der Waals surface area contributed by atoms with E-state index >= 15 is 0 Å². The highest BCUT2D eigenvalue weighted by Gasteiger charge is 2.32. The van der Waals surface area contributed by atoms with Crippen molar-refractivity contribution >= 4 is 17.3 Å². The lowest BCUT2D eigenvalue weighted by atomic mass is 9.74. The zero-order chi connectivity index (χ0) is 15.6. The van der Waals surface area contributed by atoms with Gasteiger partial charge in [0.05, 0.1) is 4.92 Å². The quantitative estimate of drug-likeness (QED) is 0.448. The maximum atomic E-state index is 14.2. The third-order valence-corrected chi connectivity index (χ3v) is 5.18. The Morgan fingerprint density at radius 1 is 1.43 bits per heavy atom. The highest BCUT2D eigenvalue weighted by Crippen LogP contribution is 2.38. The van der Waals surface area contributed by atoms with Crippen LogP contribution in [-0.4, -0.2) is 10.3 Å². The summed E-state index contributed by atoms with van der Waals surface area (Å²) in [5, 5.41) is 10.8. The first-order valence-electron chi connectivity index (χ1n) is 7.46. The Bertz CT molecular complexity index is 521. The van der Waals surface area contributed by atoms with Crippen LogP contribution in [0.5, 0.6) is 0 Å². The summed E-state index contributed by atoms with van der Waals surface area (Å²) in [6.45, 7) is 4.40. The van der Waals surface area contributed by atoms with Gasteiger partial charge in [-0.15, -0.1) is 11.6 Å². The molecule has 0 heterocycles. The second-order valence-electron chi connectivity index (χ2n) is 6.30. The summed E-state index contributed by atoms with van der Waals surface area (Å²) >= 11 is 6.40. The summed E-state index contributed by atoms with van der Waals surface area (Å²) in [7, 11) is 0. The second-order valence-corrected chi connectivity index (χ2v) is 6.87. The monoisotopic (exact) mass is 313 g/mol. The van der Waals surface area contributed by atoms with Gasteiger partial charge in [-0.2, -0.15) is 4.39 Å². The van der Waals surface area contributed by atoms with Crippen LogP contribution >= 0.6 is 11.6 Å². The molecule has 2 rings (SSSR count). The van der Waals surface area contributed by atoms with Gasteiger partial charge < -0.3 is 0 Å². The number of hydrogen-bond acceptors (Lipinski definition) is 2. The molecule has 1 aromatic carbocycles. The summed E-state index contributed by atoms with van der Waals surface area (Å²) in [5.74, 6) is 0.667. The van der Waals surface area contributed by atoms with E-state index in [0.29, 0.717) is 23.8 Å². The van der Waals surface area contributed by atoms with E-state index in [1.165, 1.54) is 6.07 Å². The fourth-order valence-electron chi connectivity index (χ4n) is 3.23. The van der Waals surface area contributed by atoms with Crippen LogP contribution in [0.15, 0.2) is 18.2 Å². The van der Waals surface area contributed by atoms with Gasteiger partial charge in [0.1, 0.15) is 0 Å². The molecule has 0 saturated heterocycles. The minimum absolute atomic E-state index is 0.0265. The lowest BCUT2D eigenvalue weighted by Crippen LogP contribution is -2.29. The topological polar surface area (TPSA) is 43.1 Å². The standard InChI is InChI=1S/C16H21ClFNO2/c1-10(2)11-6-7-14(17)13(8-11)9-12-4-3-5-15(16(12)18)19(20)21/h3-5,10-11,13-14H,6-9H2,1-2H3. The van der Waals surface area contributed by atoms with E-state index in [9.17, 15) is 14.5 Å². The van der Waals surface area contributed by atoms with Crippen LogP contribution < -0.4 is 0 Å². The SMILES string of the molecule is CC(C)C1CCC(Cl)C(Cc2cccc([N+](=O)[O-])c2F)C1. The Balaban J connectivity index is 2.17. The Morgan fingerprint density at radius 2 is 2.14 bits per heavy atom. The number of nitro groups is 1. The van der Waals surface area contributed by atoms with Crippen molar-refractivity contribution in [2.45, 2.75) is 44.9 Å². The Morgan fingerprint density at radius 3 is 2.76 bits per heavy atom. The number of benzene rings is 1. The van der Waals surface area contributed by atoms with Crippen LogP contribution in [0.25, 0.3) is 0 Å². The van der Waals surface area contributed by atoms with Gasteiger partial charge in [-0.05, 0) is 49.0 Å². The number of rotatable bonds is 4. The molecule has 0 bridgehead atoms. The molecule has 116 valence electrons. The number of nitrogens with zero attached hydrogens (tertiary/aromatic N) is 1. The molecular formula is C16H21ClFNO2. The van der Waals surface area contributed by atoms with E-state index in [1.807, 2.05) is 0 Å².